The minimum atomic E-state index is -4.40. The maximum atomic E-state index is 14.7. The number of halogens is 5. The van der Waals surface area contributed by atoms with Crippen LogP contribution in [0.1, 0.15) is 30.5 Å². The molecule has 1 aromatic heterocycles. The summed E-state index contributed by atoms with van der Waals surface area (Å²) < 4.78 is 79.7. The normalized spacial score (nSPS) is 21.2. The Kier molecular flexibility index (Phi) is 8.55. The fraction of sp³-hybridized carbons (Fsp3) is 0.385. The number of nitrogens with zero attached hydrogens (tertiary/aromatic N) is 3. The molecule has 2 atom stereocenters. The van der Waals surface area contributed by atoms with Gasteiger partial charge in [0.2, 0.25) is 0 Å². The molecule has 0 amide bonds. The van der Waals surface area contributed by atoms with Crippen molar-refractivity contribution < 1.29 is 36.5 Å². The average Bonchev–Trinajstić information content (AvgIpc) is 3.37. The molecule has 1 fully saturated rings. The molecule has 0 saturated carbocycles. The molecule has 1 N–H and O–H groups in total. The molecule has 2 aromatic carbocycles. The number of benzene rings is 2. The smallest absolute Gasteiger partial charge is 0.382 e. The Morgan fingerprint density at radius 2 is 1.84 bits per heavy atom. The lowest BCUT2D eigenvalue weighted by atomic mass is 9.90. The van der Waals surface area contributed by atoms with Crippen molar-refractivity contribution in [2.75, 3.05) is 13.2 Å². The monoisotopic (exact) mass is 555 g/mol. The molecule has 0 spiro atoms. The fourth-order valence-corrected chi connectivity index (χ4v) is 5.45. The van der Waals surface area contributed by atoms with Crippen molar-refractivity contribution >= 4 is 17.3 Å². The lowest BCUT2D eigenvalue weighted by Gasteiger charge is -2.37. The molecule has 1 aliphatic rings. The van der Waals surface area contributed by atoms with E-state index in [2.05, 4.69) is 10.1 Å². The first-order valence-electron chi connectivity index (χ1n) is 11.7. The van der Waals surface area contributed by atoms with Crippen LogP contribution >= 0.6 is 11.8 Å². The lowest BCUT2D eigenvalue weighted by Crippen LogP contribution is -2.43. The van der Waals surface area contributed by atoms with E-state index in [9.17, 15) is 27.1 Å². The molecule has 1 aliphatic heterocycles. The average molecular weight is 556 g/mol. The van der Waals surface area contributed by atoms with Gasteiger partial charge < -0.3 is 14.6 Å². The van der Waals surface area contributed by atoms with E-state index in [4.69, 9.17) is 9.47 Å². The molecule has 3 aromatic rings. The van der Waals surface area contributed by atoms with Gasteiger partial charge in [0.25, 0.3) is 0 Å². The van der Waals surface area contributed by atoms with Crippen molar-refractivity contribution in [1.82, 2.24) is 14.8 Å². The van der Waals surface area contributed by atoms with E-state index in [-0.39, 0.29) is 30.6 Å². The molecule has 204 valence electrons. The van der Waals surface area contributed by atoms with Crippen LogP contribution in [0.2, 0.25) is 0 Å². The second-order valence-electron chi connectivity index (χ2n) is 9.00. The topological polar surface area (TPSA) is 69.4 Å². The van der Waals surface area contributed by atoms with Gasteiger partial charge in [0.1, 0.15) is 29.9 Å². The van der Waals surface area contributed by atoms with E-state index in [0.717, 1.165) is 24.3 Å². The van der Waals surface area contributed by atoms with Crippen molar-refractivity contribution in [2.24, 2.45) is 0 Å². The van der Waals surface area contributed by atoms with Crippen LogP contribution in [0.25, 0.3) is 5.57 Å². The van der Waals surface area contributed by atoms with Crippen LogP contribution in [-0.2, 0) is 27.8 Å². The van der Waals surface area contributed by atoms with E-state index in [0.29, 0.717) is 11.1 Å². The molecular formula is C26H26F5N3O3S. The number of allylic oxidation sites excluding steroid dienone is 1. The van der Waals surface area contributed by atoms with Gasteiger partial charge in [-0.1, -0.05) is 25.1 Å². The Hall–Kier alpha value is -2.80. The zero-order chi connectivity index (χ0) is 27.5. The van der Waals surface area contributed by atoms with Gasteiger partial charge in [-0.25, -0.2) is 18.4 Å². The third-order valence-corrected chi connectivity index (χ3v) is 7.74. The van der Waals surface area contributed by atoms with Crippen LogP contribution in [0.15, 0.2) is 61.2 Å². The van der Waals surface area contributed by atoms with Crippen LogP contribution in [-0.4, -0.2) is 49.9 Å². The fourth-order valence-electron chi connectivity index (χ4n) is 4.13. The van der Waals surface area contributed by atoms with Crippen LogP contribution in [0, 0.1) is 11.6 Å². The number of aromatic nitrogens is 3. The van der Waals surface area contributed by atoms with Gasteiger partial charge in [-0.3, -0.25) is 0 Å². The molecule has 0 unspecified atom stereocenters. The highest BCUT2D eigenvalue weighted by atomic mass is 32.2. The van der Waals surface area contributed by atoms with Crippen molar-refractivity contribution in [3.63, 3.8) is 0 Å². The Bertz CT molecular complexity index is 1250. The predicted molar refractivity (Wildman–Crippen MR) is 132 cm³/mol. The molecule has 0 radical (unpaired) electrons. The van der Waals surface area contributed by atoms with Crippen molar-refractivity contribution in [2.45, 2.75) is 49.0 Å². The van der Waals surface area contributed by atoms with E-state index < -0.39 is 40.5 Å². The van der Waals surface area contributed by atoms with Crippen LogP contribution < -0.4 is 0 Å². The summed E-state index contributed by atoms with van der Waals surface area (Å²) in [6, 6.07) is 7.86. The van der Waals surface area contributed by atoms with E-state index in [1.807, 2.05) is 0 Å². The molecule has 0 bridgehead atoms. The zero-order valence-electron chi connectivity index (χ0n) is 20.5. The molecule has 0 aliphatic carbocycles. The highest BCUT2D eigenvalue weighted by Crippen LogP contribution is 2.39. The standard InChI is InChI=1S/C26H26F5N3O3S/c1-16(18-3-5-19(6-4-18)26(29,30)31)9-24-36-11-21(12-37-24)38-17(2)25(35,13-34-15-32-14-33-34)22-8-7-20(27)10-23(22)28/h3-10,14-15,17,21,24,35H,11-13H2,1-2H3/t17-,21-,24-,25-/m1/s1. The summed E-state index contributed by atoms with van der Waals surface area (Å²) in [5.74, 6) is -1.63. The van der Waals surface area contributed by atoms with Crippen molar-refractivity contribution in [3.05, 3.63) is 89.5 Å². The first-order chi connectivity index (χ1) is 18.0. The summed E-state index contributed by atoms with van der Waals surface area (Å²) >= 11 is 1.33. The zero-order valence-corrected chi connectivity index (χ0v) is 21.3. The van der Waals surface area contributed by atoms with Gasteiger partial charge >= 0.3 is 6.18 Å². The highest BCUT2D eigenvalue weighted by molar-refractivity contribution is 8.00. The summed E-state index contributed by atoms with van der Waals surface area (Å²) in [6.45, 7) is 3.87. The Morgan fingerprint density at radius 1 is 1.16 bits per heavy atom. The maximum absolute atomic E-state index is 14.7. The number of ether oxygens (including phenoxy) is 2. The Morgan fingerprint density at radius 3 is 2.42 bits per heavy atom. The summed E-state index contributed by atoms with van der Waals surface area (Å²) in [4.78, 5) is 3.87. The van der Waals surface area contributed by atoms with E-state index in [1.165, 1.54) is 47.3 Å². The first kappa shape index (κ1) is 28.2. The summed E-state index contributed by atoms with van der Waals surface area (Å²) in [5, 5.41) is 14.9. The molecule has 6 nitrogen and oxygen atoms in total. The van der Waals surface area contributed by atoms with Gasteiger partial charge in [0, 0.05) is 16.9 Å². The Balaban J connectivity index is 1.41. The number of hydrogen-bond acceptors (Lipinski definition) is 6. The second kappa shape index (κ2) is 11.5. The van der Waals surface area contributed by atoms with Gasteiger partial charge in [-0.15, -0.1) is 11.8 Å². The third kappa shape index (κ3) is 6.60. The number of alkyl halides is 3. The second-order valence-corrected chi connectivity index (χ2v) is 10.6. The van der Waals surface area contributed by atoms with Gasteiger partial charge in [-0.05, 0) is 42.3 Å². The molecule has 1 saturated heterocycles. The van der Waals surface area contributed by atoms with Crippen molar-refractivity contribution in [1.29, 1.82) is 0 Å². The Labute approximate surface area is 220 Å². The van der Waals surface area contributed by atoms with Gasteiger partial charge in [-0.2, -0.15) is 18.3 Å². The van der Waals surface area contributed by atoms with Gasteiger partial charge in [0.15, 0.2) is 6.29 Å². The molecule has 12 heteroatoms. The number of rotatable bonds is 8. The van der Waals surface area contributed by atoms with Crippen LogP contribution in [0.4, 0.5) is 22.0 Å². The predicted octanol–water partition coefficient (Wildman–Crippen LogP) is 5.43. The maximum Gasteiger partial charge on any atom is 0.416 e. The SMILES string of the molecule is CC(=C[C@H]1OC[C@H](S[C@H](C)[C@](O)(Cn2cncn2)c2ccc(F)cc2F)CO1)c1ccc(C(F)(F)F)cc1. The molecule has 4 rings (SSSR count). The number of aliphatic hydroxyl groups is 1. The van der Waals surface area contributed by atoms with Crippen molar-refractivity contribution in [3.8, 4) is 0 Å². The summed E-state index contributed by atoms with van der Waals surface area (Å²) in [7, 11) is 0. The van der Waals surface area contributed by atoms with Gasteiger partial charge in [0.05, 0.1) is 30.6 Å². The minimum absolute atomic E-state index is 0.0694. The summed E-state index contributed by atoms with van der Waals surface area (Å²) in [6.07, 6.45) is -0.732. The van der Waals surface area contributed by atoms with E-state index in [1.54, 1.807) is 19.9 Å². The highest BCUT2D eigenvalue weighted by Gasteiger charge is 2.41. The number of hydrogen-bond donors (Lipinski definition) is 1. The lowest BCUT2D eigenvalue weighted by molar-refractivity contribution is -0.146. The largest absolute Gasteiger partial charge is 0.416 e. The number of thioether (sulfide) groups is 1. The third-order valence-electron chi connectivity index (χ3n) is 6.28. The quantitative estimate of drug-likeness (QED) is 0.374. The molecular weight excluding hydrogens is 529 g/mol. The van der Waals surface area contributed by atoms with Crippen LogP contribution in [0.5, 0.6) is 0 Å². The first-order valence-corrected chi connectivity index (χ1v) is 12.6. The minimum Gasteiger partial charge on any atom is -0.382 e. The van der Waals surface area contributed by atoms with Crippen LogP contribution in [0.3, 0.4) is 0 Å². The summed E-state index contributed by atoms with van der Waals surface area (Å²) in [5.41, 5.74) is -1.25. The van der Waals surface area contributed by atoms with E-state index >= 15 is 0 Å². The molecule has 2 heterocycles. The molecule has 38 heavy (non-hydrogen) atoms.